The van der Waals surface area contributed by atoms with Gasteiger partial charge in [-0.3, -0.25) is 4.79 Å². The van der Waals surface area contributed by atoms with E-state index in [2.05, 4.69) is 24.4 Å². The van der Waals surface area contributed by atoms with Gasteiger partial charge in [0.25, 0.3) is 0 Å². The van der Waals surface area contributed by atoms with E-state index in [0.717, 1.165) is 25.1 Å². The maximum Gasteiger partial charge on any atom is 0.222 e. The maximum absolute atomic E-state index is 12.7. The van der Waals surface area contributed by atoms with Gasteiger partial charge >= 0.3 is 0 Å². The van der Waals surface area contributed by atoms with Crippen LogP contribution < -0.4 is 5.32 Å². The first kappa shape index (κ1) is 19.2. The van der Waals surface area contributed by atoms with Gasteiger partial charge in [0, 0.05) is 6.42 Å². The van der Waals surface area contributed by atoms with Crippen LogP contribution in [0.4, 0.5) is 0 Å². The number of ether oxygens (including phenoxy) is 1. The molecule has 0 bridgehead atoms. The van der Waals surface area contributed by atoms with Crippen molar-refractivity contribution in [2.75, 3.05) is 26.2 Å². The summed E-state index contributed by atoms with van der Waals surface area (Å²) in [4.78, 5) is 14.7. The third-order valence-corrected chi connectivity index (χ3v) is 5.15. The lowest BCUT2D eigenvalue weighted by Gasteiger charge is -2.38. The number of hydrogen-bond acceptors (Lipinski definition) is 3. The van der Waals surface area contributed by atoms with Gasteiger partial charge in [0.15, 0.2) is 0 Å². The lowest BCUT2D eigenvalue weighted by Crippen LogP contribution is -2.48. The molecule has 24 heavy (non-hydrogen) atoms. The Bertz CT molecular complexity index is 505. The van der Waals surface area contributed by atoms with Crippen molar-refractivity contribution >= 4 is 18.3 Å². The number of carbonyl (C=O) groups is 1. The highest BCUT2D eigenvalue weighted by molar-refractivity contribution is 5.85. The van der Waals surface area contributed by atoms with Gasteiger partial charge in [0.05, 0.1) is 19.2 Å². The Morgan fingerprint density at radius 3 is 2.67 bits per heavy atom. The van der Waals surface area contributed by atoms with Gasteiger partial charge in [-0.25, -0.2) is 0 Å². The minimum Gasteiger partial charge on any atom is -0.370 e. The summed E-state index contributed by atoms with van der Waals surface area (Å²) in [5, 5.41) is 3.38. The molecule has 0 aromatic heterocycles. The predicted octanol–water partition coefficient (Wildman–Crippen LogP) is 3.18. The quantitative estimate of drug-likeness (QED) is 0.904. The first-order valence-corrected chi connectivity index (χ1v) is 8.91. The zero-order valence-corrected chi connectivity index (χ0v) is 15.3. The molecule has 2 unspecified atom stereocenters. The van der Waals surface area contributed by atoms with Gasteiger partial charge in [0.1, 0.15) is 6.10 Å². The zero-order chi connectivity index (χ0) is 16.1. The fourth-order valence-corrected chi connectivity index (χ4v) is 3.62. The number of nitrogens with one attached hydrogen (secondary N) is 1. The van der Waals surface area contributed by atoms with Crippen LogP contribution in [-0.4, -0.2) is 43.1 Å². The Kier molecular flexibility index (Phi) is 7.53. The number of amides is 1. The lowest BCUT2D eigenvalue weighted by atomic mass is 9.93. The van der Waals surface area contributed by atoms with Gasteiger partial charge in [-0.05, 0) is 50.8 Å². The minimum atomic E-state index is 0. The Balaban J connectivity index is 0.00000208. The minimum absolute atomic E-state index is 0. The van der Waals surface area contributed by atoms with E-state index < -0.39 is 0 Å². The molecule has 0 aliphatic carbocycles. The second kappa shape index (κ2) is 9.40. The summed E-state index contributed by atoms with van der Waals surface area (Å²) in [5.74, 6) is 1.00. The first-order chi connectivity index (χ1) is 11.2. The molecule has 1 amide bonds. The van der Waals surface area contributed by atoms with E-state index in [1.807, 2.05) is 23.1 Å². The number of carbonyl (C=O) groups excluding carboxylic acids is 1. The molecule has 1 aromatic carbocycles. The van der Waals surface area contributed by atoms with Gasteiger partial charge in [-0.1, -0.05) is 30.3 Å². The van der Waals surface area contributed by atoms with E-state index in [-0.39, 0.29) is 24.6 Å². The highest BCUT2D eigenvalue weighted by atomic mass is 35.5. The molecule has 0 saturated carbocycles. The normalized spacial score (nSPS) is 25.1. The Morgan fingerprint density at radius 2 is 1.96 bits per heavy atom. The topological polar surface area (TPSA) is 41.6 Å². The van der Waals surface area contributed by atoms with Crippen LogP contribution in [-0.2, 0) is 9.53 Å². The molecule has 2 fully saturated rings. The summed E-state index contributed by atoms with van der Waals surface area (Å²) in [7, 11) is 0. The molecule has 2 saturated heterocycles. The largest absolute Gasteiger partial charge is 0.370 e. The molecule has 0 spiro atoms. The van der Waals surface area contributed by atoms with Crippen molar-refractivity contribution in [3.8, 4) is 0 Å². The van der Waals surface area contributed by atoms with Crippen molar-refractivity contribution < 1.29 is 9.53 Å². The van der Waals surface area contributed by atoms with Gasteiger partial charge in [-0.15, -0.1) is 12.4 Å². The van der Waals surface area contributed by atoms with Crippen molar-refractivity contribution in [2.24, 2.45) is 5.92 Å². The van der Waals surface area contributed by atoms with E-state index >= 15 is 0 Å². The molecular formula is C19H29ClN2O2. The Labute approximate surface area is 151 Å². The smallest absolute Gasteiger partial charge is 0.222 e. The summed E-state index contributed by atoms with van der Waals surface area (Å²) in [6, 6.07) is 10.4. The first-order valence-electron chi connectivity index (χ1n) is 8.91. The molecule has 1 N–H and O–H groups in total. The summed E-state index contributed by atoms with van der Waals surface area (Å²) < 4.78 is 5.95. The molecular weight excluding hydrogens is 324 g/mol. The predicted molar refractivity (Wildman–Crippen MR) is 98.4 cm³/mol. The van der Waals surface area contributed by atoms with Crippen LogP contribution in [0.3, 0.4) is 0 Å². The summed E-state index contributed by atoms with van der Waals surface area (Å²) >= 11 is 0. The maximum atomic E-state index is 12.7. The third-order valence-electron chi connectivity index (χ3n) is 5.15. The fourth-order valence-electron chi connectivity index (χ4n) is 3.62. The van der Waals surface area contributed by atoms with Crippen LogP contribution in [0.1, 0.15) is 44.3 Å². The summed E-state index contributed by atoms with van der Waals surface area (Å²) in [6.45, 7) is 5.59. The standard InChI is InChI=1S/C19H28N2O2.ClH/c1-15-14-23-18(17-5-3-2-4-6-17)13-21(15)19(22)8-7-16-9-11-20-12-10-16;/h2-6,15-16,18,20H,7-14H2,1H3;1H. The van der Waals surface area contributed by atoms with E-state index in [0.29, 0.717) is 31.4 Å². The molecule has 2 aliphatic rings. The molecule has 4 nitrogen and oxygen atoms in total. The Hall–Kier alpha value is -1.10. The van der Waals surface area contributed by atoms with Gasteiger partial charge in [0.2, 0.25) is 5.91 Å². The molecule has 134 valence electrons. The van der Waals surface area contributed by atoms with E-state index in [9.17, 15) is 4.79 Å². The monoisotopic (exact) mass is 352 g/mol. The third kappa shape index (κ3) is 4.95. The zero-order valence-electron chi connectivity index (χ0n) is 14.4. The summed E-state index contributed by atoms with van der Waals surface area (Å²) in [6.07, 6.45) is 4.13. The number of piperidine rings is 1. The number of rotatable bonds is 4. The highest BCUT2D eigenvalue weighted by Gasteiger charge is 2.30. The van der Waals surface area contributed by atoms with Crippen LogP contribution in [0.2, 0.25) is 0 Å². The second-order valence-corrected chi connectivity index (χ2v) is 6.86. The average molecular weight is 353 g/mol. The van der Waals surface area contributed by atoms with E-state index in [1.165, 1.54) is 12.8 Å². The number of morpholine rings is 1. The van der Waals surface area contributed by atoms with E-state index in [4.69, 9.17) is 4.74 Å². The number of hydrogen-bond donors (Lipinski definition) is 1. The number of nitrogens with zero attached hydrogens (tertiary/aromatic N) is 1. The molecule has 3 rings (SSSR count). The van der Waals surface area contributed by atoms with Crippen molar-refractivity contribution in [2.45, 2.75) is 44.8 Å². The molecule has 1 aromatic rings. The van der Waals surface area contributed by atoms with Crippen LogP contribution in [0.15, 0.2) is 30.3 Å². The van der Waals surface area contributed by atoms with Crippen LogP contribution in [0.5, 0.6) is 0 Å². The summed E-state index contributed by atoms with van der Waals surface area (Å²) in [5.41, 5.74) is 1.16. The highest BCUT2D eigenvalue weighted by Crippen LogP contribution is 2.26. The molecule has 5 heteroatoms. The average Bonchev–Trinajstić information content (AvgIpc) is 2.62. The Morgan fingerprint density at radius 1 is 1.25 bits per heavy atom. The van der Waals surface area contributed by atoms with Crippen molar-refractivity contribution in [3.05, 3.63) is 35.9 Å². The fraction of sp³-hybridized carbons (Fsp3) is 0.632. The van der Waals surface area contributed by atoms with Crippen LogP contribution in [0, 0.1) is 5.92 Å². The molecule has 2 atom stereocenters. The lowest BCUT2D eigenvalue weighted by molar-refractivity contribution is -0.144. The van der Waals surface area contributed by atoms with Crippen molar-refractivity contribution in [1.82, 2.24) is 10.2 Å². The SMILES string of the molecule is CC1COC(c2ccccc2)CN1C(=O)CCC1CCNCC1.Cl. The number of benzene rings is 1. The van der Waals surface area contributed by atoms with Crippen LogP contribution in [0.25, 0.3) is 0 Å². The van der Waals surface area contributed by atoms with Crippen molar-refractivity contribution in [3.63, 3.8) is 0 Å². The molecule has 2 aliphatic heterocycles. The molecule has 2 heterocycles. The number of halogens is 1. The van der Waals surface area contributed by atoms with Gasteiger partial charge in [-0.2, -0.15) is 0 Å². The molecule has 0 radical (unpaired) electrons. The second-order valence-electron chi connectivity index (χ2n) is 6.86. The van der Waals surface area contributed by atoms with Crippen LogP contribution >= 0.6 is 12.4 Å². The van der Waals surface area contributed by atoms with Crippen molar-refractivity contribution in [1.29, 1.82) is 0 Å². The van der Waals surface area contributed by atoms with E-state index in [1.54, 1.807) is 0 Å². The van der Waals surface area contributed by atoms with Gasteiger partial charge < -0.3 is 15.0 Å².